The fraction of sp³-hybridized carbons (Fsp3) is 0.583. The minimum absolute atomic E-state index is 0.132. The minimum atomic E-state index is -2.61. The molecule has 0 aliphatic carbocycles. The van der Waals surface area contributed by atoms with E-state index in [0.29, 0.717) is 4.68 Å². The first-order chi connectivity index (χ1) is 9.81. The Morgan fingerprint density at radius 2 is 2.33 bits per heavy atom. The summed E-state index contributed by atoms with van der Waals surface area (Å²) in [5.74, 6) is 4.39. The Morgan fingerprint density at radius 1 is 1.67 bits per heavy atom. The summed E-state index contributed by atoms with van der Waals surface area (Å²) in [7, 11) is 0. The number of anilines is 1. The number of aliphatic hydroxyl groups excluding tert-OH is 2. The predicted molar refractivity (Wildman–Crippen MR) is 69.6 cm³/mol. The molecule has 114 valence electrons. The van der Waals surface area contributed by atoms with Gasteiger partial charge in [0.05, 0.1) is 12.3 Å². The first-order valence-corrected chi connectivity index (χ1v) is 6.17. The number of rotatable bonds is 2. The van der Waals surface area contributed by atoms with Crippen LogP contribution in [0.25, 0.3) is 0 Å². The van der Waals surface area contributed by atoms with Crippen molar-refractivity contribution < 1.29 is 19.3 Å². The fourth-order valence-electron chi connectivity index (χ4n) is 2.17. The van der Waals surface area contributed by atoms with Gasteiger partial charge in [-0.05, 0) is 13.8 Å². The van der Waals surface area contributed by atoms with Gasteiger partial charge < -0.3 is 20.7 Å². The second-order valence-corrected chi connectivity index (χ2v) is 4.69. The van der Waals surface area contributed by atoms with Crippen LogP contribution < -0.4 is 11.4 Å². The highest BCUT2D eigenvalue weighted by atomic mass is 19.1. The first kappa shape index (κ1) is 15.4. The van der Waals surface area contributed by atoms with Crippen molar-refractivity contribution in [3.05, 3.63) is 16.7 Å². The van der Waals surface area contributed by atoms with Crippen LogP contribution in [-0.4, -0.2) is 49.0 Å². The van der Waals surface area contributed by atoms with Gasteiger partial charge in [0.15, 0.2) is 0 Å². The minimum Gasteiger partial charge on any atom is -0.391 e. The average Bonchev–Trinajstić information content (AvgIpc) is 2.64. The summed E-state index contributed by atoms with van der Waals surface area (Å²) in [6.07, 6.45) is -4.77. The maximum Gasteiger partial charge on any atom is 0.368 e. The number of nitrogen functional groups attached to an aromatic ring is 1. The molecule has 1 aliphatic heterocycles. The summed E-state index contributed by atoms with van der Waals surface area (Å²) in [5, 5.41) is 23.3. The van der Waals surface area contributed by atoms with Crippen molar-refractivity contribution in [2.24, 2.45) is 0 Å². The first-order valence-electron chi connectivity index (χ1n) is 6.17. The van der Waals surface area contributed by atoms with E-state index < -0.39 is 35.9 Å². The SMILES string of the molecule is CC#CC1(F)C(O)[C@@H]([C@H](C)O)O[C@H]1n1ncc(N)nc1=O. The van der Waals surface area contributed by atoms with Crippen molar-refractivity contribution in [2.45, 2.75) is 44.1 Å². The Bertz CT molecular complexity index is 653. The van der Waals surface area contributed by atoms with Crippen LogP contribution in [0.5, 0.6) is 0 Å². The van der Waals surface area contributed by atoms with Crippen LogP contribution in [0.2, 0.25) is 0 Å². The average molecular weight is 298 g/mol. The molecular formula is C12H15FN4O4. The number of nitrogens with two attached hydrogens (primary N) is 1. The molecule has 0 saturated carbocycles. The van der Waals surface area contributed by atoms with Crippen LogP contribution in [-0.2, 0) is 4.74 Å². The molecular weight excluding hydrogens is 283 g/mol. The molecule has 21 heavy (non-hydrogen) atoms. The Morgan fingerprint density at radius 3 is 2.86 bits per heavy atom. The van der Waals surface area contributed by atoms with Crippen molar-refractivity contribution in [2.75, 3.05) is 5.73 Å². The third-order valence-electron chi connectivity index (χ3n) is 3.14. The second-order valence-electron chi connectivity index (χ2n) is 4.69. The molecule has 0 bridgehead atoms. The topological polar surface area (TPSA) is 123 Å². The molecule has 1 aromatic heterocycles. The van der Waals surface area contributed by atoms with E-state index in [4.69, 9.17) is 10.5 Å². The Kier molecular flexibility index (Phi) is 3.95. The predicted octanol–water partition coefficient (Wildman–Crippen LogP) is -1.41. The highest BCUT2D eigenvalue weighted by Gasteiger charge is 2.59. The Balaban J connectivity index is 2.54. The highest BCUT2D eigenvalue weighted by molar-refractivity contribution is 5.24. The summed E-state index contributed by atoms with van der Waals surface area (Å²) in [6.45, 7) is 2.70. The summed E-state index contributed by atoms with van der Waals surface area (Å²) in [5.41, 5.74) is 1.76. The summed E-state index contributed by atoms with van der Waals surface area (Å²) in [6, 6.07) is 0. The van der Waals surface area contributed by atoms with Crippen molar-refractivity contribution >= 4 is 5.82 Å². The van der Waals surface area contributed by atoms with Gasteiger partial charge in [0.25, 0.3) is 0 Å². The number of hydrogen-bond acceptors (Lipinski definition) is 7. The lowest BCUT2D eigenvalue weighted by Gasteiger charge is -2.23. The molecule has 2 heterocycles. The normalized spacial score (nSPS) is 33.3. The van der Waals surface area contributed by atoms with Crippen LogP contribution in [0.3, 0.4) is 0 Å². The highest BCUT2D eigenvalue weighted by Crippen LogP contribution is 2.41. The van der Waals surface area contributed by atoms with Gasteiger partial charge in [0, 0.05) is 0 Å². The number of aliphatic hydroxyl groups is 2. The standard InChI is InChI=1S/C12H15FN4O4/c1-3-4-12(13)9(19)8(6(2)18)21-10(12)17-11(20)16-7(14)5-15-17/h5-6,8-10,18-19H,1-2H3,(H2,14,16,20)/t6-,8+,9?,10+,12?/m0/s1. The van der Waals surface area contributed by atoms with Gasteiger partial charge >= 0.3 is 5.69 Å². The van der Waals surface area contributed by atoms with Crippen molar-refractivity contribution in [3.8, 4) is 11.8 Å². The van der Waals surface area contributed by atoms with Gasteiger partial charge in [-0.3, -0.25) is 0 Å². The quantitative estimate of drug-likeness (QED) is 0.573. The van der Waals surface area contributed by atoms with Crippen molar-refractivity contribution in [1.29, 1.82) is 0 Å². The molecule has 1 fully saturated rings. The molecule has 0 aromatic carbocycles. The van der Waals surface area contributed by atoms with Gasteiger partial charge in [0.1, 0.15) is 18.0 Å². The van der Waals surface area contributed by atoms with Crippen LogP contribution in [0.1, 0.15) is 20.1 Å². The second kappa shape index (κ2) is 5.40. The number of hydrogen-bond donors (Lipinski definition) is 3. The van der Waals surface area contributed by atoms with E-state index in [1.54, 1.807) is 0 Å². The lowest BCUT2D eigenvalue weighted by Crippen LogP contribution is -2.46. The number of aromatic nitrogens is 3. The molecule has 4 N–H and O–H groups in total. The third kappa shape index (κ3) is 2.49. The number of halogens is 1. The molecule has 1 saturated heterocycles. The van der Waals surface area contributed by atoms with Crippen LogP contribution in [0.4, 0.5) is 10.2 Å². The Hall–Kier alpha value is -2.02. The van der Waals surface area contributed by atoms with E-state index in [9.17, 15) is 15.0 Å². The van der Waals surface area contributed by atoms with E-state index in [-0.39, 0.29) is 5.82 Å². The van der Waals surface area contributed by atoms with E-state index in [2.05, 4.69) is 21.9 Å². The molecule has 1 aromatic rings. The molecule has 8 nitrogen and oxygen atoms in total. The van der Waals surface area contributed by atoms with E-state index in [0.717, 1.165) is 6.20 Å². The van der Waals surface area contributed by atoms with Crippen LogP contribution in [0, 0.1) is 11.8 Å². The monoisotopic (exact) mass is 298 g/mol. The van der Waals surface area contributed by atoms with Crippen LogP contribution >= 0.6 is 0 Å². The van der Waals surface area contributed by atoms with Gasteiger partial charge in [-0.1, -0.05) is 5.92 Å². The fourth-order valence-corrected chi connectivity index (χ4v) is 2.17. The molecule has 0 amide bonds. The largest absolute Gasteiger partial charge is 0.391 e. The zero-order valence-electron chi connectivity index (χ0n) is 11.4. The number of ether oxygens (including phenoxy) is 1. The van der Waals surface area contributed by atoms with Gasteiger partial charge in [-0.2, -0.15) is 14.8 Å². The van der Waals surface area contributed by atoms with E-state index in [1.165, 1.54) is 13.8 Å². The molecule has 5 atom stereocenters. The van der Waals surface area contributed by atoms with Crippen LogP contribution in [0.15, 0.2) is 11.0 Å². The van der Waals surface area contributed by atoms with Crippen molar-refractivity contribution in [3.63, 3.8) is 0 Å². The smallest absolute Gasteiger partial charge is 0.368 e. The molecule has 0 spiro atoms. The molecule has 9 heteroatoms. The number of nitrogens with zero attached hydrogens (tertiary/aromatic N) is 3. The maximum atomic E-state index is 15.0. The van der Waals surface area contributed by atoms with Gasteiger partial charge in [-0.15, -0.1) is 5.92 Å². The Labute approximate surface area is 119 Å². The summed E-state index contributed by atoms with van der Waals surface area (Å²) in [4.78, 5) is 15.2. The molecule has 2 unspecified atom stereocenters. The lowest BCUT2D eigenvalue weighted by atomic mass is 9.94. The van der Waals surface area contributed by atoms with Gasteiger partial charge in [-0.25, -0.2) is 9.18 Å². The third-order valence-corrected chi connectivity index (χ3v) is 3.14. The zero-order chi connectivity index (χ0) is 15.8. The van der Waals surface area contributed by atoms with E-state index in [1.807, 2.05) is 0 Å². The van der Waals surface area contributed by atoms with Gasteiger partial charge in [0.2, 0.25) is 11.9 Å². The molecule has 1 aliphatic rings. The lowest BCUT2D eigenvalue weighted by molar-refractivity contribution is -0.0849. The zero-order valence-corrected chi connectivity index (χ0v) is 11.4. The maximum absolute atomic E-state index is 15.0. The number of alkyl halides is 1. The summed E-state index contributed by atoms with van der Waals surface area (Å²) < 4.78 is 20.9. The van der Waals surface area contributed by atoms with E-state index >= 15 is 4.39 Å². The van der Waals surface area contributed by atoms with Crippen molar-refractivity contribution in [1.82, 2.24) is 14.8 Å². The summed E-state index contributed by atoms with van der Waals surface area (Å²) >= 11 is 0. The molecule has 2 rings (SSSR count). The molecule has 0 radical (unpaired) electrons.